The van der Waals surface area contributed by atoms with Gasteiger partial charge in [0, 0.05) is 24.2 Å². The fourth-order valence-corrected chi connectivity index (χ4v) is 3.14. The Labute approximate surface area is 122 Å². The zero-order valence-electron chi connectivity index (χ0n) is 10.5. The van der Waals surface area contributed by atoms with Crippen LogP contribution in [-0.4, -0.2) is 37.7 Å². The van der Waals surface area contributed by atoms with Gasteiger partial charge in [0.05, 0.1) is 6.04 Å². The second-order valence-corrected chi connectivity index (χ2v) is 5.72. The Balaban J connectivity index is 0.00000133. The van der Waals surface area contributed by atoms with Gasteiger partial charge in [-0.25, -0.2) is 14.6 Å². The topological polar surface area (TPSA) is 72.9 Å². The summed E-state index contributed by atoms with van der Waals surface area (Å²) in [5.41, 5.74) is 5.65. The Kier molecular flexibility index (Phi) is 4.73. The average molecular weight is 301 g/mol. The van der Waals surface area contributed by atoms with Crippen molar-refractivity contribution in [3.63, 3.8) is 0 Å². The predicted octanol–water partition coefficient (Wildman–Crippen LogP) is 1.58. The number of likely N-dealkylation sites (tertiary alicyclic amines) is 1. The summed E-state index contributed by atoms with van der Waals surface area (Å²) in [4.78, 5) is 11.8. The van der Waals surface area contributed by atoms with E-state index in [1.54, 1.807) is 24.0 Å². The number of aromatic nitrogens is 4. The maximum Gasteiger partial charge on any atom is 0.180 e. The maximum atomic E-state index is 5.65. The van der Waals surface area contributed by atoms with E-state index in [9.17, 15) is 0 Å². The van der Waals surface area contributed by atoms with Crippen molar-refractivity contribution in [1.82, 2.24) is 24.6 Å². The van der Waals surface area contributed by atoms with E-state index in [-0.39, 0.29) is 12.4 Å². The van der Waals surface area contributed by atoms with E-state index in [2.05, 4.69) is 20.0 Å². The summed E-state index contributed by atoms with van der Waals surface area (Å²) in [6.07, 6.45) is 7.64. The van der Waals surface area contributed by atoms with Gasteiger partial charge in [-0.2, -0.15) is 5.10 Å². The molecule has 1 aliphatic heterocycles. The third-order valence-corrected chi connectivity index (χ3v) is 4.05. The Morgan fingerprint density at radius 1 is 1.47 bits per heavy atom. The summed E-state index contributed by atoms with van der Waals surface area (Å²) in [5, 5.41) is 4.88. The van der Waals surface area contributed by atoms with Crippen LogP contribution in [0.5, 0.6) is 0 Å². The van der Waals surface area contributed by atoms with Crippen LogP contribution >= 0.6 is 23.7 Å². The van der Waals surface area contributed by atoms with E-state index in [1.807, 2.05) is 10.9 Å². The maximum absolute atomic E-state index is 5.65. The minimum absolute atomic E-state index is 0. The number of thiazole rings is 1. The van der Waals surface area contributed by atoms with E-state index < -0.39 is 0 Å². The van der Waals surface area contributed by atoms with Crippen LogP contribution in [0.25, 0.3) is 0 Å². The molecule has 104 valence electrons. The third-order valence-electron chi connectivity index (χ3n) is 3.24. The number of piperidine rings is 1. The molecule has 19 heavy (non-hydrogen) atoms. The van der Waals surface area contributed by atoms with Gasteiger partial charge in [0.25, 0.3) is 0 Å². The lowest BCUT2D eigenvalue weighted by Crippen LogP contribution is -2.36. The second-order valence-electron chi connectivity index (χ2n) is 4.57. The highest BCUT2D eigenvalue weighted by molar-refractivity contribution is 7.15. The molecule has 3 heterocycles. The van der Waals surface area contributed by atoms with Crippen molar-refractivity contribution in [3.8, 4) is 0 Å². The lowest BCUT2D eigenvalue weighted by Gasteiger charge is -2.32. The van der Waals surface area contributed by atoms with Crippen LogP contribution in [0, 0.1) is 0 Å². The van der Waals surface area contributed by atoms with Crippen LogP contribution in [0.4, 0.5) is 5.13 Å². The molecule has 2 aromatic heterocycles. The minimum Gasteiger partial charge on any atom is -0.375 e. The van der Waals surface area contributed by atoms with Crippen LogP contribution in [0.3, 0.4) is 0 Å². The molecule has 0 amide bonds. The highest BCUT2D eigenvalue weighted by Gasteiger charge is 2.22. The molecule has 1 fully saturated rings. The smallest absolute Gasteiger partial charge is 0.180 e. The fourth-order valence-electron chi connectivity index (χ4n) is 2.41. The van der Waals surface area contributed by atoms with Crippen molar-refractivity contribution >= 4 is 28.9 Å². The molecule has 1 saturated heterocycles. The average Bonchev–Trinajstić information content (AvgIpc) is 3.01. The fraction of sp³-hybridized carbons (Fsp3) is 0.545. The van der Waals surface area contributed by atoms with Gasteiger partial charge in [0.1, 0.15) is 12.7 Å². The van der Waals surface area contributed by atoms with E-state index in [4.69, 9.17) is 5.73 Å². The highest BCUT2D eigenvalue weighted by atomic mass is 35.5. The largest absolute Gasteiger partial charge is 0.375 e. The zero-order valence-corrected chi connectivity index (χ0v) is 12.1. The molecule has 0 aliphatic carbocycles. The molecule has 0 bridgehead atoms. The summed E-state index contributed by atoms with van der Waals surface area (Å²) in [7, 11) is 0. The van der Waals surface area contributed by atoms with Crippen molar-refractivity contribution in [3.05, 3.63) is 23.7 Å². The second kappa shape index (κ2) is 6.31. The van der Waals surface area contributed by atoms with Gasteiger partial charge in [-0.3, -0.25) is 4.90 Å². The number of hydrogen-bond donors (Lipinski definition) is 1. The van der Waals surface area contributed by atoms with E-state index in [0.29, 0.717) is 11.2 Å². The van der Waals surface area contributed by atoms with Crippen molar-refractivity contribution < 1.29 is 0 Å². The van der Waals surface area contributed by atoms with Gasteiger partial charge >= 0.3 is 0 Å². The molecule has 0 radical (unpaired) electrons. The molecule has 8 heteroatoms. The van der Waals surface area contributed by atoms with Gasteiger partial charge in [-0.15, -0.1) is 23.7 Å². The zero-order chi connectivity index (χ0) is 12.4. The first kappa shape index (κ1) is 14.2. The Morgan fingerprint density at radius 3 is 3.05 bits per heavy atom. The first-order chi connectivity index (χ1) is 8.81. The summed E-state index contributed by atoms with van der Waals surface area (Å²) in [5.74, 6) is 0. The summed E-state index contributed by atoms with van der Waals surface area (Å²) >= 11 is 1.57. The van der Waals surface area contributed by atoms with Gasteiger partial charge in [-0.1, -0.05) is 0 Å². The molecule has 0 saturated carbocycles. The van der Waals surface area contributed by atoms with Crippen molar-refractivity contribution in [1.29, 1.82) is 0 Å². The number of halogens is 1. The molecule has 0 aromatic carbocycles. The Morgan fingerprint density at radius 2 is 2.37 bits per heavy atom. The van der Waals surface area contributed by atoms with E-state index in [1.165, 1.54) is 17.7 Å². The minimum atomic E-state index is 0. The molecule has 2 N–H and O–H groups in total. The van der Waals surface area contributed by atoms with Crippen LogP contribution in [0.15, 0.2) is 18.9 Å². The first-order valence-corrected chi connectivity index (χ1v) is 6.89. The highest BCUT2D eigenvalue weighted by Crippen LogP contribution is 2.23. The van der Waals surface area contributed by atoms with Crippen molar-refractivity contribution in [2.75, 3.05) is 18.8 Å². The summed E-state index contributed by atoms with van der Waals surface area (Å²) in [6, 6.07) is 0.437. The van der Waals surface area contributed by atoms with Gasteiger partial charge in [-0.05, 0) is 19.4 Å². The van der Waals surface area contributed by atoms with Crippen molar-refractivity contribution in [2.24, 2.45) is 0 Å². The van der Waals surface area contributed by atoms with Crippen LogP contribution in [0.1, 0.15) is 23.8 Å². The SMILES string of the molecule is Cl.Nc1ncc(CN2CCCC(n3cncn3)C2)s1. The Hall–Kier alpha value is -1.18. The molecule has 1 unspecified atom stereocenters. The number of nitrogen functional groups attached to an aromatic ring is 1. The summed E-state index contributed by atoms with van der Waals surface area (Å²) in [6.45, 7) is 3.07. The van der Waals surface area contributed by atoms with Crippen LogP contribution in [0.2, 0.25) is 0 Å². The molecule has 0 spiro atoms. The molecular formula is C11H17ClN6S. The summed E-state index contributed by atoms with van der Waals surface area (Å²) < 4.78 is 1.97. The van der Waals surface area contributed by atoms with Crippen LogP contribution < -0.4 is 5.73 Å². The quantitative estimate of drug-likeness (QED) is 0.931. The number of nitrogens with zero attached hydrogens (tertiary/aromatic N) is 5. The molecule has 6 nitrogen and oxygen atoms in total. The normalized spacial score (nSPS) is 20.1. The van der Waals surface area contributed by atoms with E-state index >= 15 is 0 Å². The molecule has 2 aromatic rings. The molecule has 3 rings (SSSR count). The van der Waals surface area contributed by atoms with Gasteiger partial charge in [0.2, 0.25) is 0 Å². The lowest BCUT2D eigenvalue weighted by atomic mass is 10.1. The lowest BCUT2D eigenvalue weighted by molar-refractivity contribution is 0.164. The molecule has 1 atom stereocenters. The standard InChI is InChI=1S/C11H16N6S.ClH/c12-11-14-4-10(18-11)6-16-3-1-2-9(5-16)17-8-13-7-15-17;/h4,7-9H,1-3,5-6H2,(H2,12,14);1H. The van der Waals surface area contributed by atoms with E-state index in [0.717, 1.165) is 19.6 Å². The first-order valence-electron chi connectivity index (χ1n) is 6.08. The monoisotopic (exact) mass is 300 g/mol. The molecular weight excluding hydrogens is 284 g/mol. The molecule has 1 aliphatic rings. The van der Waals surface area contributed by atoms with Crippen molar-refractivity contribution in [2.45, 2.75) is 25.4 Å². The predicted molar refractivity (Wildman–Crippen MR) is 77.3 cm³/mol. The van der Waals surface area contributed by atoms with Gasteiger partial charge < -0.3 is 5.73 Å². The third kappa shape index (κ3) is 3.43. The number of nitrogens with two attached hydrogens (primary N) is 1. The van der Waals surface area contributed by atoms with Gasteiger partial charge in [0.15, 0.2) is 5.13 Å². The number of hydrogen-bond acceptors (Lipinski definition) is 6. The number of anilines is 1. The van der Waals surface area contributed by atoms with Crippen LogP contribution in [-0.2, 0) is 6.54 Å². The number of rotatable bonds is 3. The Bertz CT molecular complexity index is 499.